The SMILES string of the molecule is COc1ccc(Oc2cc(NC(=O)[C@@H]3CCCN3C(=O)c3ccco3)ccc2OC)cc1. The van der Waals surface area contributed by atoms with Crippen LogP contribution in [0, 0.1) is 0 Å². The van der Waals surface area contributed by atoms with Crippen LogP contribution in [0.15, 0.2) is 65.3 Å². The second-order valence-electron chi connectivity index (χ2n) is 7.27. The van der Waals surface area contributed by atoms with E-state index < -0.39 is 6.04 Å². The second kappa shape index (κ2) is 9.47. The van der Waals surface area contributed by atoms with Crippen LogP contribution in [0.2, 0.25) is 0 Å². The fraction of sp³-hybridized carbons (Fsp3) is 0.250. The van der Waals surface area contributed by atoms with Gasteiger partial charge < -0.3 is 28.8 Å². The van der Waals surface area contributed by atoms with E-state index in [0.717, 1.165) is 12.2 Å². The van der Waals surface area contributed by atoms with Gasteiger partial charge in [0.15, 0.2) is 17.3 Å². The summed E-state index contributed by atoms with van der Waals surface area (Å²) >= 11 is 0. The molecule has 1 atom stereocenters. The highest BCUT2D eigenvalue weighted by Gasteiger charge is 2.35. The summed E-state index contributed by atoms with van der Waals surface area (Å²) in [6.07, 6.45) is 2.78. The Morgan fingerprint density at radius 2 is 1.78 bits per heavy atom. The van der Waals surface area contributed by atoms with Crippen molar-refractivity contribution in [1.82, 2.24) is 4.90 Å². The maximum atomic E-state index is 13.0. The lowest BCUT2D eigenvalue weighted by Gasteiger charge is -2.23. The maximum Gasteiger partial charge on any atom is 0.290 e. The molecule has 3 aromatic rings. The summed E-state index contributed by atoms with van der Waals surface area (Å²) in [6.45, 7) is 0.506. The van der Waals surface area contributed by atoms with Crippen molar-refractivity contribution in [3.8, 4) is 23.0 Å². The van der Waals surface area contributed by atoms with Crippen molar-refractivity contribution in [2.45, 2.75) is 18.9 Å². The third kappa shape index (κ3) is 4.54. The highest BCUT2D eigenvalue weighted by Crippen LogP contribution is 2.35. The Labute approximate surface area is 185 Å². The summed E-state index contributed by atoms with van der Waals surface area (Å²) in [7, 11) is 3.14. The lowest BCUT2D eigenvalue weighted by atomic mass is 10.2. The Morgan fingerprint density at radius 1 is 1.00 bits per heavy atom. The average Bonchev–Trinajstić information content (AvgIpc) is 3.52. The first-order valence-electron chi connectivity index (χ1n) is 10.2. The van der Waals surface area contributed by atoms with E-state index in [9.17, 15) is 9.59 Å². The Bertz CT molecular complexity index is 1080. The number of nitrogens with zero attached hydrogens (tertiary/aromatic N) is 1. The van der Waals surface area contributed by atoms with Gasteiger partial charge in [0.25, 0.3) is 5.91 Å². The summed E-state index contributed by atoms with van der Waals surface area (Å²) in [5.74, 6) is 1.96. The molecule has 4 rings (SSSR count). The van der Waals surface area contributed by atoms with Gasteiger partial charge in [0.05, 0.1) is 20.5 Å². The largest absolute Gasteiger partial charge is 0.497 e. The van der Waals surface area contributed by atoms with Gasteiger partial charge in [-0.15, -0.1) is 0 Å². The van der Waals surface area contributed by atoms with Crippen molar-refractivity contribution in [2.24, 2.45) is 0 Å². The normalized spacial score (nSPS) is 15.3. The number of carbonyl (C=O) groups excluding carboxylic acids is 2. The highest BCUT2D eigenvalue weighted by molar-refractivity contribution is 6.00. The van der Waals surface area contributed by atoms with E-state index in [4.69, 9.17) is 18.6 Å². The molecule has 1 saturated heterocycles. The van der Waals surface area contributed by atoms with E-state index in [1.54, 1.807) is 73.7 Å². The van der Waals surface area contributed by atoms with Crippen molar-refractivity contribution in [2.75, 3.05) is 26.1 Å². The molecule has 1 aliphatic rings. The predicted octanol–water partition coefficient (Wildman–Crippen LogP) is 4.33. The number of hydrogen-bond acceptors (Lipinski definition) is 6. The summed E-state index contributed by atoms with van der Waals surface area (Å²) in [6, 6.07) is 15.0. The van der Waals surface area contributed by atoms with E-state index in [-0.39, 0.29) is 17.6 Å². The molecular formula is C24H24N2O6. The Hall–Kier alpha value is -3.94. The van der Waals surface area contributed by atoms with Gasteiger partial charge in [-0.1, -0.05) is 0 Å². The molecule has 166 valence electrons. The van der Waals surface area contributed by atoms with Crippen molar-refractivity contribution < 1.29 is 28.2 Å². The summed E-state index contributed by atoms with van der Waals surface area (Å²) in [5, 5.41) is 2.89. The first-order valence-corrected chi connectivity index (χ1v) is 10.2. The molecule has 1 N–H and O–H groups in total. The van der Waals surface area contributed by atoms with Crippen LogP contribution in [0.3, 0.4) is 0 Å². The van der Waals surface area contributed by atoms with Crippen LogP contribution in [-0.2, 0) is 4.79 Å². The number of amides is 2. The van der Waals surface area contributed by atoms with Crippen molar-refractivity contribution in [1.29, 1.82) is 0 Å². The molecule has 0 aliphatic carbocycles. The number of nitrogens with one attached hydrogen (secondary N) is 1. The van der Waals surface area contributed by atoms with Gasteiger partial charge >= 0.3 is 0 Å². The van der Waals surface area contributed by atoms with Gasteiger partial charge in [-0.2, -0.15) is 0 Å². The number of benzene rings is 2. The molecule has 0 bridgehead atoms. The molecule has 0 radical (unpaired) electrons. The summed E-state index contributed by atoms with van der Waals surface area (Å²) in [4.78, 5) is 27.2. The number of methoxy groups -OCH3 is 2. The number of anilines is 1. The van der Waals surface area contributed by atoms with Gasteiger partial charge in [0, 0.05) is 18.3 Å². The third-order valence-corrected chi connectivity index (χ3v) is 5.27. The molecule has 8 heteroatoms. The van der Waals surface area contributed by atoms with E-state index in [1.807, 2.05) is 0 Å². The molecule has 2 aromatic carbocycles. The van der Waals surface area contributed by atoms with E-state index in [0.29, 0.717) is 35.9 Å². The van der Waals surface area contributed by atoms with Crippen LogP contribution in [0.5, 0.6) is 23.0 Å². The van der Waals surface area contributed by atoms with Crippen LogP contribution >= 0.6 is 0 Å². The standard InChI is InChI=1S/C24H24N2O6/c1-29-17-8-10-18(11-9-17)32-22-15-16(7-12-20(22)30-2)25-23(27)19-5-3-13-26(19)24(28)21-6-4-14-31-21/h4,6-12,14-15,19H,3,5,13H2,1-2H3,(H,25,27)/t19-/m0/s1. The zero-order chi connectivity index (χ0) is 22.5. The zero-order valence-electron chi connectivity index (χ0n) is 17.9. The summed E-state index contributed by atoms with van der Waals surface area (Å²) < 4.78 is 21.7. The predicted molar refractivity (Wildman–Crippen MR) is 117 cm³/mol. The molecule has 1 aromatic heterocycles. The Balaban J connectivity index is 1.49. The fourth-order valence-electron chi connectivity index (χ4n) is 3.65. The highest BCUT2D eigenvalue weighted by atomic mass is 16.5. The number of likely N-dealkylation sites (tertiary alicyclic amines) is 1. The van der Waals surface area contributed by atoms with Gasteiger partial charge in [-0.3, -0.25) is 9.59 Å². The molecular weight excluding hydrogens is 412 g/mol. The Kier molecular flexibility index (Phi) is 6.30. The lowest BCUT2D eigenvalue weighted by Crippen LogP contribution is -2.43. The number of ether oxygens (including phenoxy) is 3. The van der Waals surface area contributed by atoms with Crippen LogP contribution < -0.4 is 19.5 Å². The third-order valence-electron chi connectivity index (χ3n) is 5.27. The lowest BCUT2D eigenvalue weighted by molar-refractivity contribution is -0.119. The summed E-state index contributed by atoms with van der Waals surface area (Å²) in [5.41, 5.74) is 0.539. The molecule has 2 heterocycles. The minimum Gasteiger partial charge on any atom is -0.497 e. The number of furan rings is 1. The smallest absolute Gasteiger partial charge is 0.290 e. The van der Waals surface area contributed by atoms with Gasteiger partial charge in [-0.05, 0) is 61.4 Å². The van der Waals surface area contributed by atoms with Gasteiger partial charge in [0.2, 0.25) is 5.91 Å². The first kappa shape index (κ1) is 21.3. The molecule has 32 heavy (non-hydrogen) atoms. The van der Waals surface area contributed by atoms with E-state index >= 15 is 0 Å². The molecule has 0 spiro atoms. The monoisotopic (exact) mass is 436 g/mol. The molecule has 0 saturated carbocycles. The van der Waals surface area contributed by atoms with Gasteiger partial charge in [-0.25, -0.2) is 0 Å². The van der Waals surface area contributed by atoms with Crippen LogP contribution in [0.1, 0.15) is 23.4 Å². The van der Waals surface area contributed by atoms with Crippen LogP contribution in [-0.4, -0.2) is 43.5 Å². The molecule has 1 fully saturated rings. The minimum atomic E-state index is -0.569. The van der Waals surface area contributed by atoms with Crippen molar-refractivity contribution >= 4 is 17.5 Å². The topological polar surface area (TPSA) is 90.2 Å². The molecule has 2 amide bonds. The minimum absolute atomic E-state index is 0.226. The second-order valence-corrected chi connectivity index (χ2v) is 7.27. The van der Waals surface area contributed by atoms with E-state index in [2.05, 4.69) is 5.32 Å². The number of hydrogen-bond donors (Lipinski definition) is 1. The maximum absolute atomic E-state index is 13.0. The van der Waals surface area contributed by atoms with Crippen LogP contribution in [0.25, 0.3) is 0 Å². The zero-order valence-corrected chi connectivity index (χ0v) is 17.9. The number of rotatable bonds is 7. The van der Waals surface area contributed by atoms with Crippen LogP contribution in [0.4, 0.5) is 5.69 Å². The van der Waals surface area contributed by atoms with Crippen molar-refractivity contribution in [3.05, 3.63) is 66.6 Å². The first-order chi connectivity index (χ1) is 15.6. The Morgan fingerprint density at radius 3 is 2.47 bits per heavy atom. The molecule has 8 nitrogen and oxygen atoms in total. The quantitative estimate of drug-likeness (QED) is 0.593. The molecule has 1 aliphatic heterocycles. The van der Waals surface area contributed by atoms with E-state index in [1.165, 1.54) is 6.26 Å². The van der Waals surface area contributed by atoms with Crippen molar-refractivity contribution in [3.63, 3.8) is 0 Å². The molecule has 0 unspecified atom stereocenters. The number of carbonyl (C=O) groups is 2. The fourth-order valence-corrected chi connectivity index (χ4v) is 3.65. The average molecular weight is 436 g/mol. The van der Waals surface area contributed by atoms with Gasteiger partial charge in [0.1, 0.15) is 17.5 Å².